The Morgan fingerprint density at radius 1 is 1.06 bits per heavy atom. The lowest BCUT2D eigenvalue weighted by Gasteiger charge is -2.12. The van der Waals surface area contributed by atoms with E-state index in [1.54, 1.807) is 43.0 Å². The number of aromatic nitrogens is 3. The molecule has 0 fully saturated rings. The van der Waals surface area contributed by atoms with Gasteiger partial charge in [0.1, 0.15) is 5.65 Å². The number of amides is 2. The van der Waals surface area contributed by atoms with Crippen LogP contribution in [-0.4, -0.2) is 33.3 Å². The topological polar surface area (TPSA) is 99.8 Å². The van der Waals surface area contributed by atoms with Crippen molar-refractivity contribution >= 4 is 28.5 Å². The number of carbonyl (C=O) groups is 2. The fourth-order valence-corrected chi connectivity index (χ4v) is 3.45. The standard InChI is InChI=1S/C24H23N5O2/c1-3-9-26-24(31)29-21-8-4-7-18(15(21)2)22(30)20-14-28-23-19(20)11-17(13-27-23)16-6-5-10-25-12-16/h4-8,10-14H,3,9H2,1-2H3,(H,27,28)(H2,26,29,31). The van der Waals surface area contributed by atoms with E-state index in [1.165, 1.54) is 0 Å². The number of aromatic amines is 1. The average Bonchev–Trinajstić information content (AvgIpc) is 3.22. The molecule has 4 rings (SSSR count). The summed E-state index contributed by atoms with van der Waals surface area (Å²) in [6.45, 7) is 4.41. The van der Waals surface area contributed by atoms with Crippen LogP contribution >= 0.6 is 0 Å². The fraction of sp³-hybridized carbons (Fsp3) is 0.167. The quantitative estimate of drug-likeness (QED) is 0.399. The van der Waals surface area contributed by atoms with E-state index in [4.69, 9.17) is 0 Å². The highest BCUT2D eigenvalue weighted by Gasteiger charge is 2.19. The third-order valence-electron chi connectivity index (χ3n) is 5.13. The van der Waals surface area contributed by atoms with Crippen molar-refractivity contribution in [2.45, 2.75) is 20.3 Å². The molecular formula is C24H23N5O2. The van der Waals surface area contributed by atoms with Gasteiger partial charge in [0.05, 0.1) is 0 Å². The van der Waals surface area contributed by atoms with Crippen LogP contribution in [0.5, 0.6) is 0 Å². The summed E-state index contributed by atoms with van der Waals surface area (Å²) < 4.78 is 0. The SMILES string of the molecule is CCCNC(=O)Nc1cccc(C(=O)c2c[nH]c3ncc(-c4cccnc4)cc23)c1C. The minimum absolute atomic E-state index is 0.133. The molecule has 2 amide bonds. The summed E-state index contributed by atoms with van der Waals surface area (Å²) in [5.41, 5.74) is 4.83. The van der Waals surface area contributed by atoms with Crippen LogP contribution in [0.3, 0.4) is 0 Å². The summed E-state index contributed by atoms with van der Waals surface area (Å²) in [6.07, 6.45) is 7.77. The van der Waals surface area contributed by atoms with Gasteiger partial charge in [-0.3, -0.25) is 9.78 Å². The second-order valence-electron chi connectivity index (χ2n) is 7.25. The van der Waals surface area contributed by atoms with Crippen molar-refractivity contribution in [3.63, 3.8) is 0 Å². The smallest absolute Gasteiger partial charge is 0.319 e. The minimum atomic E-state index is -0.285. The van der Waals surface area contributed by atoms with Gasteiger partial charge in [-0.15, -0.1) is 0 Å². The lowest BCUT2D eigenvalue weighted by Crippen LogP contribution is -2.29. The molecule has 0 spiro atoms. The maximum atomic E-state index is 13.4. The number of urea groups is 1. The zero-order valence-corrected chi connectivity index (χ0v) is 17.4. The molecular weight excluding hydrogens is 390 g/mol. The van der Waals surface area contributed by atoms with E-state index < -0.39 is 0 Å². The highest BCUT2D eigenvalue weighted by molar-refractivity contribution is 6.17. The lowest BCUT2D eigenvalue weighted by atomic mass is 9.97. The molecule has 156 valence electrons. The van der Waals surface area contributed by atoms with Crippen molar-refractivity contribution in [1.29, 1.82) is 0 Å². The van der Waals surface area contributed by atoms with Crippen molar-refractivity contribution in [3.8, 4) is 11.1 Å². The number of H-pyrrole nitrogens is 1. The van der Waals surface area contributed by atoms with Crippen LogP contribution < -0.4 is 10.6 Å². The van der Waals surface area contributed by atoms with Gasteiger partial charge in [-0.2, -0.15) is 0 Å². The molecule has 7 heteroatoms. The van der Waals surface area contributed by atoms with Gasteiger partial charge in [0.25, 0.3) is 0 Å². The molecule has 1 aromatic carbocycles. The predicted molar refractivity (Wildman–Crippen MR) is 121 cm³/mol. The molecule has 0 aliphatic heterocycles. The number of pyridine rings is 2. The summed E-state index contributed by atoms with van der Waals surface area (Å²) in [7, 11) is 0. The second-order valence-corrected chi connectivity index (χ2v) is 7.25. The van der Waals surface area contributed by atoms with E-state index in [0.717, 1.165) is 22.9 Å². The first-order chi connectivity index (χ1) is 15.1. The first-order valence-corrected chi connectivity index (χ1v) is 10.1. The molecule has 0 aliphatic carbocycles. The van der Waals surface area contributed by atoms with Crippen molar-refractivity contribution < 1.29 is 9.59 Å². The van der Waals surface area contributed by atoms with Crippen LogP contribution in [0.15, 0.2) is 61.2 Å². The highest BCUT2D eigenvalue weighted by atomic mass is 16.2. The lowest BCUT2D eigenvalue weighted by molar-refractivity contribution is 0.103. The Hall–Kier alpha value is -4.00. The molecule has 3 N–H and O–H groups in total. The van der Waals surface area contributed by atoms with E-state index in [2.05, 4.69) is 25.6 Å². The van der Waals surface area contributed by atoms with Crippen LogP contribution in [0, 0.1) is 6.92 Å². The van der Waals surface area contributed by atoms with E-state index in [-0.39, 0.29) is 11.8 Å². The maximum Gasteiger partial charge on any atom is 0.319 e. The Morgan fingerprint density at radius 3 is 2.71 bits per heavy atom. The fourth-order valence-electron chi connectivity index (χ4n) is 3.45. The van der Waals surface area contributed by atoms with Crippen molar-refractivity contribution in [3.05, 3.63) is 77.9 Å². The monoisotopic (exact) mass is 413 g/mol. The van der Waals surface area contributed by atoms with Crippen LogP contribution in [0.4, 0.5) is 10.5 Å². The van der Waals surface area contributed by atoms with Crippen LogP contribution in [0.25, 0.3) is 22.2 Å². The van der Waals surface area contributed by atoms with Gasteiger partial charge in [-0.1, -0.05) is 25.1 Å². The molecule has 3 aromatic heterocycles. The number of hydrogen-bond donors (Lipinski definition) is 3. The number of hydrogen-bond acceptors (Lipinski definition) is 4. The largest absolute Gasteiger partial charge is 0.345 e. The number of nitrogens with zero attached hydrogens (tertiary/aromatic N) is 2. The third-order valence-corrected chi connectivity index (χ3v) is 5.13. The highest BCUT2D eigenvalue weighted by Crippen LogP contribution is 2.28. The van der Waals surface area contributed by atoms with Gasteiger partial charge in [-0.25, -0.2) is 9.78 Å². The molecule has 0 saturated carbocycles. The third kappa shape index (κ3) is 4.16. The Bertz CT molecular complexity index is 1250. The summed E-state index contributed by atoms with van der Waals surface area (Å²) in [5.74, 6) is -0.133. The molecule has 0 bridgehead atoms. The summed E-state index contributed by atoms with van der Waals surface area (Å²) >= 11 is 0. The van der Waals surface area contributed by atoms with E-state index in [9.17, 15) is 9.59 Å². The molecule has 0 atom stereocenters. The first kappa shape index (κ1) is 20.3. The van der Waals surface area contributed by atoms with Gasteiger partial charge >= 0.3 is 6.03 Å². The number of fused-ring (bicyclic) bond motifs is 1. The van der Waals surface area contributed by atoms with Crippen LogP contribution in [0.2, 0.25) is 0 Å². The molecule has 0 saturated heterocycles. The number of rotatable bonds is 6. The molecule has 0 aliphatic rings. The first-order valence-electron chi connectivity index (χ1n) is 10.1. The van der Waals surface area contributed by atoms with Gasteiger partial charge in [0, 0.05) is 64.7 Å². The maximum absolute atomic E-state index is 13.4. The Labute approximate surface area is 179 Å². The zero-order valence-electron chi connectivity index (χ0n) is 17.4. The number of carbonyl (C=O) groups excluding carboxylic acids is 2. The molecule has 3 heterocycles. The number of benzene rings is 1. The van der Waals surface area contributed by atoms with Gasteiger partial charge < -0.3 is 15.6 Å². The Morgan fingerprint density at radius 2 is 1.94 bits per heavy atom. The van der Waals surface area contributed by atoms with Crippen LogP contribution in [0.1, 0.15) is 34.8 Å². The zero-order chi connectivity index (χ0) is 21.8. The molecule has 0 unspecified atom stereocenters. The molecule has 31 heavy (non-hydrogen) atoms. The number of nitrogens with one attached hydrogen (secondary N) is 3. The number of ketones is 1. The van der Waals surface area contributed by atoms with Crippen molar-refractivity contribution in [2.75, 3.05) is 11.9 Å². The summed E-state index contributed by atoms with van der Waals surface area (Å²) in [5, 5.41) is 6.34. The Balaban J connectivity index is 1.68. The van der Waals surface area contributed by atoms with Gasteiger partial charge in [0.2, 0.25) is 0 Å². The molecule has 4 aromatic rings. The predicted octanol–water partition coefficient (Wildman–Crippen LogP) is 4.70. The minimum Gasteiger partial charge on any atom is -0.345 e. The molecule has 0 radical (unpaired) electrons. The van der Waals surface area contributed by atoms with Crippen molar-refractivity contribution in [1.82, 2.24) is 20.3 Å². The van der Waals surface area contributed by atoms with E-state index in [1.807, 2.05) is 32.0 Å². The Kier molecular flexibility index (Phi) is 5.75. The average molecular weight is 413 g/mol. The summed E-state index contributed by atoms with van der Waals surface area (Å²) in [4.78, 5) is 37.2. The molecule has 7 nitrogen and oxygen atoms in total. The van der Waals surface area contributed by atoms with Gasteiger partial charge in [0.15, 0.2) is 5.78 Å². The summed E-state index contributed by atoms with van der Waals surface area (Å²) in [6, 6.07) is 10.8. The van der Waals surface area contributed by atoms with E-state index >= 15 is 0 Å². The number of anilines is 1. The normalized spacial score (nSPS) is 10.8. The van der Waals surface area contributed by atoms with Crippen molar-refractivity contribution in [2.24, 2.45) is 0 Å². The van der Waals surface area contributed by atoms with Gasteiger partial charge in [-0.05, 0) is 37.1 Å². The van der Waals surface area contributed by atoms with Crippen LogP contribution in [-0.2, 0) is 0 Å². The second kappa shape index (κ2) is 8.79. The van der Waals surface area contributed by atoms with E-state index in [0.29, 0.717) is 34.6 Å².